The predicted octanol–water partition coefficient (Wildman–Crippen LogP) is 2.09. The fourth-order valence-corrected chi connectivity index (χ4v) is 4.09. The third-order valence-electron chi connectivity index (χ3n) is 5.35. The van der Waals surface area contributed by atoms with E-state index in [4.69, 9.17) is 5.73 Å². The van der Waals surface area contributed by atoms with Crippen LogP contribution in [0, 0.1) is 24.7 Å². The fraction of sp³-hybridized carbons (Fsp3) is 0.529. The van der Waals surface area contributed by atoms with Crippen LogP contribution in [0.3, 0.4) is 0 Å². The molecule has 4 unspecified atom stereocenters. The molecule has 0 spiro atoms. The number of nitrogens with two attached hydrogens (primary N) is 1. The van der Waals surface area contributed by atoms with E-state index in [1.54, 1.807) is 19.2 Å². The molecule has 1 aromatic carbocycles. The number of carbonyl (C=O) groups is 2. The molecule has 4 N–H and O–H groups in total. The number of amides is 2. The SMILES string of the molecule is CNC(=O)c1cccc(NC(=O)C2C3CCC(C3)C2N)c1C.Cl. The zero-order valence-corrected chi connectivity index (χ0v) is 14.3. The van der Waals surface area contributed by atoms with Gasteiger partial charge in [0.15, 0.2) is 0 Å². The number of halogens is 1. The molecule has 2 bridgehead atoms. The van der Waals surface area contributed by atoms with Crippen molar-refractivity contribution in [3.8, 4) is 0 Å². The van der Waals surface area contributed by atoms with Crippen LogP contribution in [0.25, 0.3) is 0 Å². The first-order valence-corrected chi connectivity index (χ1v) is 7.91. The van der Waals surface area contributed by atoms with E-state index in [0.717, 1.165) is 24.8 Å². The first kappa shape index (κ1) is 17.8. The summed E-state index contributed by atoms with van der Waals surface area (Å²) in [7, 11) is 1.60. The zero-order valence-electron chi connectivity index (χ0n) is 13.5. The first-order chi connectivity index (χ1) is 10.5. The van der Waals surface area contributed by atoms with Crippen molar-refractivity contribution in [2.75, 3.05) is 12.4 Å². The maximum Gasteiger partial charge on any atom is 0.251 e. The smallest absolute Gasteiger partial charge is 0.251 e. The molecule has 3 rings (SSSR count). The van der Waals surface area contributed by atoms with Crippen molar-refractivity contribution in [3.63, 3.8) is 0 Å². The molecular weight excluding hydrogens is 314 g/mol. The van der Waals surface area contributed by atoms with Crippen LogP contribution in [-0.2, 0) is 4.79 Å². The highest BCUT2D eigenvalue weighted by Crippen LogP contribution is 2.48. The van der Waals surface area contributed by atoms with Gasteiger partial charge >= 0.3 is 0 Å². The lowest BCUT2D eigenvalue weighted by Gasteiger charge is -2.27. The van der Waals surface area contributed by atoms with Crippen LogP contribution in [0.1, 0.15) is 35.2 Å². The molecule has 23 heavy (non-hydrogen) atoms. The Morgan fingerprint density at radius 1 is 1.22 bits per heavy atom. The lowest BCUT2D eigenvalue weighted by Crippen LogP contribution is -2.42. The molecule has 4 atom stereocenters. The molecule has 2 fully saturated rings. The van der Waals surface area contributed by atoms with Crippen LogP contribution >= 0.6 is 12.4 Å². The summed E-state index contributed by atoms with van der Waals surface area (Å²) in [5.41, 5.74) is 8.29. The molecule has 0 aliphatic heterocycles. The average molecular weight is 338 g/mol. The van der Waals surface area contributed by atoms with Gasteiger partial charge in [0, 0.05) is 24.3 Å². The third-order valence-corrected chi connectivity index (χ3v) is 5.35. The number of fused-ring (bicyclic) bond motifs is 2. The second-order valence-electron chi connectivity index (χ2n) is 6.48. The number of carbonyl (C=O) groups excluding carboxylic acids is 2. The Morgan fingerprint density at radius 3 is 2.52 bits per heavy atom. The maximum atomic E-state index is 12.6. The van der Waals surface area contributed by atoms with Gasteiger partial charge < -0.3 is 16.4 Å². The van der Waals surface area contributed by atoms with Gasteiger partial charge in [-0.3, -0.25) is 9.59 Å². The topological polar surface area (TPSA) is 84.2 Å². The van der Waals surface area contributed by atoms with Crippen LogP contribution in [0.2, 0.25) is 0 Å². The van der Waals surface area contributed by atoms with E-state index in [2.05, 4.69) is 10.6 Å². The van der Waals surface area contributed by atoms with E-state index in [1.165, 1.54) is 0 Å². The van der Waals surface area contributed by atoms with Crippen molar-refractivity contribution in [1.29, 1.82) is 0 Å². The van der Waals surface area contributed by atoms with Crippen LogP contribution in [-0.4, -0.2) is 24.9 Å². The van der Waals surface area contributed by atoms with E-state index >= 15 is 0 Å². The van der Waals surface area contributed by atoms with E-state index < -0.39 is 0 Å². The Balaban J connectivity index is 0.00000192. The zero-order chi connectivity index (χ0) is 15.9. The van der Waals surface area contributed by atoms with Crippen molar-refractivity contribution >= 4 is 29.9 Å². The molecule has 126 valence electrons. The molecule has 5 nitrogen and oxygen atoms in total. The standard InChI is InChI=1S/C17H23N3O2.ClH/c1-9-12(16(21)19-2)4-3-5-13(9)20-17(22)14-10-6-7-11(8-10)15(14)18;/h3-5,10-11,14-15H,6-8,18H2,1-2H3,(H,19,21)(H,20,22);1H. The summed E-state index contributed by atoms with van der Waals surface area (Å²) >= 11 is 0. The van der Waals surface area contributed by atoms with Gasteiger partial charge in [0.1, 0.15) is 0 Å². The summed E-state index contributed by atoms with van der Waals surface area (Å²) in [6.07, 6.45) is 3.34. The highest BCUT2D eigenvalue weighted by molar-refractivity contribution is 6.00. The minimum absolute atomic E-state index is 0. The number of rotatable bonds is 3. The molecule has 0 aromatic heterocycles. The molecular formula is C17H24ClN3O2. The van der Waals surface area contributed by atoms with Crippen molar-refractivity contribution in [1.82, 2.24) is 5.32 Å². The molecule has 0 radical (unpaired) electrons. The molecule has 2 aliphatic rings. The average Bonchev–Trinajstić information content (AvgIpc) is 3.09. The molecule has 0 heterocycles. The van der Waals surface area contributed by atoms with Gasteiger partial charge in [0.2, 0.25) is 5.91 Å². The summed E-state index contributed by atoms with van der Waals surface area (Å²) in [5.74, 6) is 0.672. The van der Waals surface area contributed by atoms with Crippen LogP contribution in [0.4, 0.5) is 5.69 Å². The Morgan fingerprint density at radius 2 is 1.91 bits per heavy atom. The Bertz CT molecular complexity index is 618. The predicted molar refractivity (Wildman–Crippen MR) is 92.7 cm³/mol. The van der Waals surface area contributed by atoms with Gasteiger partial charge in [0.05, 0.1) is 5.92 Å². The Labute approximate surface area is 142 Å². The molecule has 2 amide bonds. The normalized spacial score (nSPS) is 28.1. The van der Waals surface area contributed by atoms with Crippen molar-refractivity contribution in [2.45, 2.75) is 32.2 Å². The van der Waals surface area contributed by atoms with Crippen LogP contribution < -0.4 is 16.4 Å². The minimum Gasteiger partial charge on any atom is -0.355 e. The summed E-state index contributed by atoms with van der Waals surface area (Å²) in [5, 5.41) is 5.60. The highest BCUT2D eigenvalue weighted by Gasteiger charge is 2.49. The lowest BCUT2D eigenvalue weighted by molar-refractivity contribution is -0.121. The number of anilines is 1. The minimum atomic E-state index is -0.148. The van der Waals surface area contributed by atoms with Crippen molar-refractivity contribution in [2.24, 2.45) is 23.5 Å². The van der Waals surface area contributed by atoms with Gasteiger partial charge in [-0.05, 0) is 55.7 Å². The van der Waals surface area contributed by atoms with Gasteiger partial charge in [0.25, 0.3) is 5.91 Å². The Kier molecular flexibility index (Phi) is 5.32. The van der Waals surface area contributed by atoms with Crippen molar-refractivity contribution in [3.05, 3.63) is 29.3 Å². The highest BCUT2D eigenvalue weighted by atomic mass is 35.5. The van der Waals surface area contributed by atoms with Gasteiger partial charge in [-0.1, -0.05) is 6.07 Å². The number of nitrogens with one attached hydrogen (secondary N) is 2. The number of hydrogen-bond donors (Lipinski definition) is 3. The Hall–Kier alpha value is -1.59. The number of hydrogen-bond acceptors (Lipinski definition) is 3. The van der Waals surface area contributed by atoms with E-state index in [0.29, 0.717) is 23.1 Å². The first-order valence-electron chi connectivity index (χ1n) is 7.91. The van der Waals surface area contributed by atoms with Gasteiger partial charge in [-0.25, -0.2) is 0 Å². The maximum absolute atomic E-state index is 12.6. The van der Waals surface area contributed by atoms with E-state index in [9.17, 15) is 9.59 Å². The molecule has 1 aromatic rings. The summed E-state index contributed by atoms with van der Waals surface area (Å²) < 4.78 is 0. The van der Waals surface area contributed by atoms with Crippen LogP contribution in [0.15, 0.2) is 18.2 Å². The largest absolute Gasteiger partial charge is 0.355 e. The molecule has 6 heteroatoms. The molecule has 2 saturated carbocycles. The lowest BCUT2D eigenvalue weighted by atomic mass is 9.84. The van der Waals surface area contributed by atoms with E-state index in [1.807, 2.05) is 13.0 Å². The third kappa shape index (κ3) is 3.08. The van der Waals surface area contributed by atoms with Gasteiger partial charge in [-0.2, -0.15) is 0 Å². The fourth-order valence-electron chi connectivity index (χ4n) is 4.09. The van der Waals surface area contributed by atoms with E-state index in [-0.39, 0.29) is 36.2 Å². The monoisotopic (exact) mass is 337 g/mol. The quantitative estimate of drug-likeness (QED) is 0.789. The van der Waals surface area contributed by atoms with Crippen LogP contribution in [0.5, 0.6) is 0 Å². The van der Waals surface area contributed by atoms with Gasteiger partial charge in [-0.15, -0.1) is 12.4 Å². The second-order valence-corrected chi connectivity index (χ2v) is 6.48. The summed E-state index contributed by atoms with van der Waals surface area (Å²) in [6, 6.07) is 5.35. The van der Waals surface area contributed by atoms with Crippen molar-refractivity contribution < 1.29 is 9.59 Å². The second kappa shape index (κ2) is 6.89. The summed E-state index contributed by atoms with van der Waals surface area (Å²) in [6.45, 7) is 1.85. The number of benzene rings is 1. The molecule has 0 saturated heterocycles. The summed E-state index contributed by atoms with van der Waals surface area (Å²) in [4.78, 5) is 24.5. The molecule has 2 aliphatic carbocycles.